The van der Waals surface area contributed by atoms with E-state index >= 15 is 0 Å². The number of hydrogen-bond acceptors (Lipinski definition) is 3. The molecule has 0 saturated heterocycles. The Kier molecular flexibility index (Phi) is 8.47. The van der Waals surface area contributed by atoms with Gasteiger partial charge in [-0.2, -0.15) is 0 Å². The van der Waals surface area contributed by atoms with E-state index in [4.69, 9.17) is 14.2 Å². The fraction of sp³-hybridized carbons (Fsp3) is 0.524. The molecule has 2 aromatic rings. The number of benzene rings is 2. The van der Waals surface area contributed by atoms with Gasteiger partial charge in [0.15, 0.2) is 0 Å². The molecule has 0 aromatic heterocycles. The molecule has 3 nitrogen and oxygen atoms in total. The molecule has 0 aliphatic heterocycles. The fourth-order valence-electron chi connectivity index (χ4n) is 2.64. The highest BCUT2D eigenvalue weighted by Crippen LogP contribution is 2.25. The van der Waals surface area contributed by atoms with Crippen molar-refractivity contribution in [1.29, 1.82) is 0 Å². The number of rotatable bonds is 12. The van der Waals surface area contributed by atoms with Gasteiger partial charge in [-0.1, -0.05) is 38.3 Å². The quantitative estimate of drug-likeness (QED) is 0.474. The molecule has 0 aliphatic rings. The molecule has 0 bridgehead atoms. The Labute approximate surface area is 145 Å². The Bertz CT molecular complexity index is 541. The molecule has 0 atom stereocenters. The molecule has 0 aliphatic carbocycles. The van der Waals surface area contributed by atoms with Gasteiger partial charge in [0.25, 0.3) is 0 Å². The first-order chi connectivity index (χ1) is 11.8. The summed E-state index contributed by atoms with van der Waals surface area (Å²) < 4.78 is 16.7. The Hall–Kier alpha value is -1.74. The summed E-state index contributed by atoms with van der Waals surface area (Å²) in [5.41, 5.74) is 0. The van der Waals surface area contributed by atoms with E-state index in [-0.39, 0.29) is 0 Å². The van der Waals surface area contributed by atoms with Crippen molar-refractivity contribution in [3.8, 4) is 11.5 Å². The Morgan fingerprint density at radius 3 is 1.75 bits per heavy atom. The third-order valence-corrected chi connectivity index (χ3v) is 4.06. The third kappa shape index (κ3) is 6.40. The van der Waals surface area contributed by atoms with E-state index in [0.29, 0.717) is 0 Å². The van der Waals surface area contributed by atoms with E-state index in [9.17, 15) is 0 Å². The van der Waals surface area contributed by atoms with Gasteiger partial charge in [-0.25, -0.2) is 0 Å². The summed E-state index contributed by atoms with van der Waals surface area (Å²) in [4.78, 5) is 0. The first-order valence-corrected chi connectivity index (χ1v) is 9.12. The number of hydrogen-bond donors (Lipinski definition) is 0. The molecule has 0 fully saturated rings. The lowest BCUT2D eigenvalue weighted by Crippen LogP contribution is -1.99. The van der Waals surface area contributed by atoms with Crippen molar-refractivity contribution in [3.05, 3.63) is 36.4 Å². The van der Waals surface area contributed by atoms with E-state index in [1.807, 2.05) is 12.1 Å². The zero-order valence-electron chi connectivity index (χ0n) is 15.1. The minimum atomic E-state index is 0.730. The molecule has 24 heavy (non-hydrogen) atoms. The van der Waals surface area contributed by atoms with E-state index < -0.39 is 0 Å². The zero-order valence-corrected chi connectivity index (χ0v) is 15.1. The third-order valence-electron chi connectivity index (χ3n) is 4.06. The minimum absolute atomic E-state index is 0.730. The van der Waals surface area contributed by atoms with Crippen molar-refractivity contribution in [3.63, 3.8) is 0 Å². The fourth-order valence-corrected chi connectivity index (χ4v) is 2.64. The summed E-state index contributed by atoms with van der Waals surface area (Å²) in [5, 5.41) is 2.37. The first kappa shape index (κ1) is 18.6. The molecular weight excluding hydrogens is 300 g/mol. The van der Waals surface area contributed by atoms with Crippen molar-refractivity contribution < 1.29 is 14.2 Å². The standard InChI is InChI=1S/C21H30O3/c1-3-4-5-6-14-23-20-11-9-19-17-21(12-10-18(19)16-20)24-15-8-7-13-22-2/h9-12,16-17H,3-8,13-15H2,1-2H3. The molecule has 0 radical (unpaired) electrons. The molecule has 0 N–H and O–H groups in total. The summed E-state index contributed by atoms with van der Waals surface area (Å²) in [5.74, 6) is 1.88. The number of methoxy groups -OCH3 is 1. The van der Waals surface area contributed by atoms with E-state index in [2.05, 4.69) is 31.2 Å². The molecule has 0 amide bonds. The number of unbranched alkanes of at least 4 members (excludes halogenated alkanes) is 4. The number of fused-ring (bicyclic) bond motifs is 1. The molecule has 0 saturated carbocycles. The van der Waals surface area contributed by atoms with E-state index in [1.165, 1.54) is 30.0 Å². The van der Waals surface area contributed by atoms with Gasteiger partial charge in [-0.15, -0.1) is 0 Å². The van der Waals surface area contributed by atoms with Crippen LogP contribution in [0.4, 0.5) is 0 Å². The van der Waals surface area contributed by atoms with Gasteiger partial charge in [-0.3, -0.25) is 0 Å². The van der Waals surface area contributed by atoms with E-state index in [0.717, 1.165) is 50.6 Å². The summed E-state index contributed by atoms with van der Waals surface area (Å²) in [6.45, 7) is 4.55. The second-order valence-corrected chi connectivity index (χ2v) is 6.13. The molecule has 132 valence electrons. The van der Waals surface area contributed by atoms with Crippen LogP contribution in [0.1, 0.15) is 45.4 Å². The predicted molar refractivity (Wildman–Crippen MR) is 100 cm³/mol. The molecule has 0 spiro atoms. The summed E-state index contributed by atoms with van der Waals surface area (Å²) in [7, 11) is 1.73. The van der Waals surface area contributed by atoms with Crippen LogP contribution in [-0.2, 0) is 4.74 Å². The summed E-state index contributed by atoms with van der Waals surface area (Å²) in [6, 6.07) is 12.5. The topological polar surface area (TPSA) is 27.7 Å². The Balaban J connectivity index is 1.83. The van der Waals surface area contributed by atoms with Gasteiger partial charge in [0.05, 0.1) is 13.2 Å². The van der Waals surface area contributed by atoms with Crippen LogP contribution < -0.4 is 9.47 Å². The van der Waals surface area contributed by atoms with Crippen LogP contribution in [0.3, 0.4) is 0 Å². The Morgan fingerprint density at radius 1 is 0.667 bits per heavy atom. The summed E-state index contributed by atoms with van der Waals surface area (Å²) >= 11 is 0. The lowest BCUT2D eigenvalue weighted by molar-refractivity contribution is 0.184. The first-order valence-electron chi connectivity index (χ1n) is 9.12. The van der Waals surface area contributed by atoms with E-state index in [1.54, 1.807) is 7.11 Å². The largest absolute Gasteiger partial charge is 0.494 e. The maximum atomic E-state index is 5.85. The van der Waals surface area contributed by atoms with Crippen molar-refractivity contribution in [2.45, 2.75) is 45.4 Å². The van der Waals surface area contributed by atoms with Crippen LogP contribution in [0.2, 0.25) is 0 Å². The molecular formula is C21H30O3. The average molecular weight is 330 g/mol. The zero-order chi connectivity index (χ0) is 17.0. The van der Waals surface area contributed by atoms with Gasteiger partial charge >= 0.3 is 0 Å². The van der Waals surface area contributed by atoms with Gasteiger partial charge in [-0.05, 0) is 54.3 Å². The maximum absolute atomic E-state index is 5.85. The van der Waals surface area contributed by atoms with Crippen LogP contribution in [0, 0.1) is 0 Å². The average Bonchev–Trinajstić information content (AvgIpc) is 2.61. The Morgan fingerprint density at radius 2 is 1.21 bits per heavy atom. The second kappa shape index (κ2) is 10.9. The normalized spacial score (nSPS) is 10.9. The van der Waals surface area contributed by atoms with Crippen molar-refractivity contribution in [2.75, 3.05) is 26.9 Å². The van der Waals surface area contributed by atoms with Crippen molar-refractivity contribution in [2.24, 2.45) is 0 Å². The second-order valence-electron chi connectivity index (χ2n) is 6.13. The summed E-state index contributed by atoms with van der Waals surface area (Å²) in [6.07, 6.45) is 6.96. The highest BCUT2D eigenvalue weighted by atomic mass is 16.5. The van der Waals surface area contributed by atoms with Crippen LogP contribution in [-0.4, -0.2) is 26.9 Å². The smallest absolute Gasteiger partial charge is 0.119 e. The van der Waals surface area contributed by atoms with Crippen LogP contribution in [0.15, 0.2) is 36.4 Å². The lowest BCUT2D eigenvalue weighted by Gasteiger charge is -2.09. The maximum Gasteiger partial charge on any atom is 0.119 e. The predicted octanol–water partition coefficient (Wildman–Crippen LogP) is 5.60. The lowest BCUT2D eigenvalue weighted by atomic mass is 10.1. The van der Waals surface area contributed by atoms with Crippen LogP contribution in [0.5, 0.6) is 11.5 Å². The molecule has 3 heteroatoms. The monoisotopic (exact) mass is 330 g/mol. The van der Waals surface area contributed by atoms with Crippen molar-refractivity contribution >= 4 is 10.8 Å². The molecule has 2 aromatic carbocycles. The van der Waals surface area contributed by atoms with Gasteiger partial charge in [0.2, 0.25) is 0 Å². The van der Waals surface area contributed by atoms with Gasteiger partial charge < -0.3 is 14.2 Å². The minimum Gasteiger partial charge on any atom is -0.494 e. The molecule has 0 heterocycles. The molecule has 0 unspecified atom stereocenters. The highest BCUT2D eigenvalue weighted by Gasteiger charge is 2.01. The number of ether oxygens (including phenoxy) is 3. The van der Waals surface area contributed by atoms with Crippen LogP contribution >= 0.6 is 0 Å². The van der Waals surface area contributed by atoms with Crippen molar-refractivity contribution in [1.82, 2.24) is 0 Å². The van der Waals surface area contributed by atoms with Gasteiger partial charge in [0, 0.05) is 13.7 Å². The molecule has 2 rings (SSSR count). The van der Waals surface area contributed by atoms with Crippen LogP contribution in [0.25, 0.3) is 10.8 Å². The van der Waals surface area contributed by atoms with Gasteiger partial charge in [0.1, 0.15) is 11.5 Å². The highest BCUT2D eigenvalue weighted by molar-refractivity contribution is 5.85. The SMILES string of the molecule is CCCCCCOc1ccc2cc(OCCCCOC)ccc2c1.